The molecule has 0 bridgehead atoms. The number of benzene rings is 6. The summed E-state index contributed by atoms with van der Waals surface area (Å²) in [5, 5.41) is 10.8. The number of hydrogen-bond acceptors (Lipinski definition) is 5. The van der Waals surface area contributed by atoms with Gasteiger partial charge in [-0.1, -0.05) is 109 Å². The molecule has 0 aliphatic rings. The second-order valence-electron chi connectivity index (χ2n) is 12.0. The molecule has 1 atom stereocenters. The second-order valence-corrected chi connectivity index (χ2v) is 13.2. The highest BCUT2D eigenvalue weighted by atomic mass is 32.2. The van der Waals surface area contributed by atoms with E-state index in [0.29, 0.717) is 22.6 Å². The lowest BCUT2D eigenvalue weighted by molar-refractivity contribution is -0.116. The van der Waals surface area contributed by atoms with Gasteiger partial charge in [-0.3, -0.25) is 19.2 Å². The van der Waals surface area contributed by atoms with Crippen LogP contribution in [-0.4, -0.2) is 23.6 Å². The molecule has 0 aliphatic heterocycles. The molecule has 0 saturated heterocycles. The molecule has 0 saturated carbocycles. The van der Waals surface area contributed by atoms with Gasteiger partial charge in [0.2, 0.25) is 11.8 Å². The van der Waals surface area contributed by atoms with Gasteiger partial charge in [0, 0.05) is 34.4 Å². The van der Waals surface area contributed by atoms with Crippen LogP contribution in [0.2, 0.25) is 0 Å². The topological polar surface area (TPSA) is 116 Å². The third-order valence-corrected chi connectivity index (χ3v) is 9.26. The lowest BCUT2D eigenvalue weighted by Gasteiger charge is -2.18. The maximum Gasteiger partial charge on any atom is 0.272 e. The Bertz CT molecular complexity index is 2230. The van der Waals surface area contributed by atoms with Crippen LogP contribution >= 0.6 is 11.8 Å². The number of carbonyl (C=O) groups excluding carboxylic acids is 4. The van der Waals surface area contributed by atoms with E-state index in [1.54, 1.807) is 72.8 Å². The van der Waals surface area contributed by atoms with E-state index >= 15 is 0 Å². The van der Waals surface area contributed by atoms with Crippen LogP contribution in [0, 0.1) is 0 Å². The van der Waals surface area contributed by atoms with Crippen molar-refractivity contribution in [1.29, 1.82) is 0 Å². The third kappa shape index (κ3) is 10.2. The fraction of sp³-hybridized carbons (Fsp3) is 0.0455. The van der Waals surface area contributed by atoms with Gasteiger partial charge in [-0.25, -0.2) is 0 Å². The van der Waals surface area contributed by atoms with E-state index in [9.17, 15) is 19.2 Å². The third-order valence-electron chi connectivity index (χ3n) is 8.02. The summed E-state index contributed by atoms with van der Waals surface area (Å²) in [6.45, 7) is 1.43. The molecule has 0 spiro atoms. The minimum absolute atomic E-state index is 0.0652. The zero-order valence-corrected chi connectivity index (χ0v) is 29.6. The molecule has 6 rings (SSSR count). The van der Waals surface area contributed by atoms with Crippen molar-refractivity contribution in [1.82, 2.24) is 5.32 Å². The lowest BCUT2D eigenvalue weighted by Crippen LogP contribution is -2.30. The molecule has 8 nitrogen and oxygen atoms in total. The molecule has 6 aromatic carbocycles. The molecule has 262 valence electrons. The van der Waals surface area contributed by atoms with Crippen molar-refractivity contribution < 1.29 is 19.2 Å². The predicted octanol–water partition coefficient (Wildman–Crippen LogP) is 9.19. The molecular formula is C44H36N4O4S. The number of thioether (sulfide) groups is 1. The Hall–Kier alpha value is -6.71. The molecule has 53 heavy (non-hydrogen) atoms. The Morgan fingerprint density at radius 3 is 1.79 bits per heavy atom. The minimum Gasteiger partial charge on any atom is -0.326 e. The van der Waals surface area contributed by atoms with Gasteiger partial charge in [0.15, 0.2) is 0 Å². The second kappa shape index (κ2) is 17.5. The molecule has 6 aromatic rings. The molecule has 0 aromatic heterocycles. The first-order chi connectivity index (χ1) is 25.8. The number of anilines is 3. The first-order valence-electron chi connectivity index (χ1n) is 16.9. The van der Waals surface area contributed by atoms with Crippen LogP contribution < -0.4 is 21.3 Å². The smallest absolute Gasteiger partial charge is 0.272 e. The van der Waals surface area contributed by atoms with E-state index in [4.69, 9.17) is 0 Å². The van der Waals surface area contributed by atoms with Crippen molar-refractivity contribution in [3.63, 3.8) is 0 Å². The Morgan fingerprint density at radius 2 is 1.15 bits per heavy atom. The maximum atomic E-state index is 13.8. The van der Waals surface area contributed by atoms with Crippen molar-refractivity contribution in [2.45, 2.75) is 17.1 Å². The highest BCUT2D eigenvalue weighted by molar-refractivity contribution is 8.00. The summed E-state index contributed by atoms with van der Waals surface area (Å²) in [4.78, 5) is 52.9. The summed E-state index contributed by atoms with van der Waals surface area (Å²) in [7, 11) is 0. The molecule has 1 unspecified atom stereocenters. The van der Waals surface area contributed by atoms with Crippen molar-refractivity contribution in [3.05, 3.63) is 186 Å². The first-order valence-corrected chi connectivity index (χ1v) is 17.7. The monoisotopic (exact) mass is 716 g/mol. The summed E-state index contributed by atoms with van der Waals surface area (Å²) in [6, 6.07) is 49.9. The van der Waals surface area contributed by atoms with Gasteiger partial charge in [0.25, 0.3) is 11.8 Å². The van der Waals surface area contributed by atoms with Crippen LogP contribution in [0.3, 0.4) is 0 Å². The van der Waals surface area contributed by atoms with Crippen molar-refractivity contribution >= 4 is 58.5 Å². The van der Waals surface area contributed by atoms with E-state index < -0.39 is 17.1 Å². The molecule has 0 fully saturated rings. The van der Waals surface area contributed by atoms with Crippen molar-refractivity contribution in [2.24, 2.45) is 0 Å². The molecule has 9 heteroatoms. The van der Waals surface area contributed by atoms with E-state index in [1.807, 2.05) is 97.1 Å². The summed E-state index contributed by atoms with van der Waals surface area (Å²) < 4.78 is 0. The Morgan fingerprint density at radius 1 is 0.566 bits per heavy atom. The van der Waals surface area contributed by atoms with Gasteiger partial charge >= 0.3 is 0 Å². The SMILES string of the molecule is CC(=O)Nc1ccc(NC(=O)C(Sc2cccc(NC(=O)/C(=C\c3ccc(-c4ccccc4)cc3)NC(=O)c3ccccc3)c2)c2ccccc2)cc1. The van der Waals surface area contributed by atoms with E-state index in [1.165, 1.54) is 18.7 Å². The van der Waals surface area contributed by atoms with Gasteiger partial charge < -0.3 is 21.3 Å². The normalized spacial score (nSPS) is 11.5. The maximum absolute atomic E-state index is 13.8. The molecule has 0 radical (unpaired) electrons. The summed E-state index contributed by atoms with van der Waals surface area (Å²) in [5.74, 6) is -1.35. The van der Waals surface area contributed by atoms with Gasteiger partial charge in [-0.2, -0.15) is 0 Å². The highest BCUT2D eigenvalue weighted by Gasteiger charge is 2.23. The van der Waals surface area contributed by atoms with Crippen molar-refractivity contribution in [2.75, 3.05) is 16.0 Å². The number of amides is 4. The average Bonchev–Trinajstić information content (AvgIpc) is 3.18. The van der Waals surface area contributed by atoms with Crippen LogP contribution in [0.5, 0.6) is 0 Å². The summed E-state index contributed by atoms with van der Waals surface area (Å²) >= 11 is 1.34. The number of carbonyl (C=O) groups is 4. The first kappa shape index (κ1) is 36.1. The predicted molar refractivity (Wildman–Crippen MR) is 213 cm³/mol. The van der Waals surface area contributed by atoms with E-state index in [2.05, 4.69) is 21.3 Å². The summed E-state index contributed by atoms with van der Waals surface area (Å²) in [6.07, 6.45) is 1.64. The van der Waals surface area contributed by atoms with Crippen molar-refractivity contribution in [3.8, 4) is 11.1 Å². The average molecular weight is 717 g/mol. The quantitative estimate of drug-likeness (QED) is 0.0745. The van der Waals surface area contributed by atoms with Gasteiger partial charge in [0.05, 0.1) is 0 Å². The Kier molecular flexibility index (Phi) is 11.9. The lowest BCUT2D eigenvalue weighted by atomic mass is 10.0. The van der Waals surface area contributed by atoms with E-state index in [-0.39, 0.29) is 17.5 Å². The Balaban J connectivity index is 1.22. The summed E-state index contributed by atoms with van der Waals surface area (Å²) in [5.41, 5.74) is 5.80. The highest BCUT2D eigenvalue weighted by Crippen LogP contribution is 2.37. The van der Waals surface area contributed by atoms with Crippen LogP contribution in [0.4, 0.5) is 17.1 Å². The van der Waals surface area contributed by atoms with Crippen LogP contribution in [0.15, 0.2) is 174 Å². The zero-order chi connectivity index (χ0) is 37.0. The fourth-order valence-electron chi connectivity index (χ4n) is 5.44. The largest absolute Gasteiger partial charge is 0.326 e. The fourth-order valence-corrected chi connectivity index (χ4v) is 6.53. The van der Waals surface area contributed by atoms with Gasteiger partial charge in [-0.15, -0.1) is 11.8 Å². The minimum atomic E-state index is -0.628. The molecule has 4 N–H and O–H groups in total. The van der Waals surface area contributed by atoms with Gasteiger partial charge in [0.1, 0.15) is 10.9 Å². The number of hydrogen-bond donors (Lipinski definition) is 4. The van der Waals surface area contributed by atoms with Crippen LogP contribution in [-0.2, 0) is 14.4 Å². The Labute approximate surface area is 312 Å². The van der Waals surface area contributed by atoms with Crippen LogP contribution in [0.1, 0.15) is 33.7 Å². The van der Waals surface area contributed by atoms with Gasteiger partial charge in [-0.05, 0) is 82.9 Å². The zero-order valence-electron chi connectivity index (χ0n) is 28.8. The number of nitrogens with one attached hydrogen (secondary N) is 4. The molecular weight excluding hydrogens is 681 g/mol. The molecule has 0 aliphatic carbocycles. The van der Waals surface area contributed by atoms with E-state index in [0.717, 1.165) is 27.1 Å². The molecule has 0 heterocycles. The van der Waals surface area contributed by atoms with Crippen LogP contribution in [0.25, 0.3) is 17.2 Å². The molecule has 4 amide bonds. The number of rotatable bonds is 12. The standard InChI is InChI=1S/C44H36N4O4S/c1-30(49)45-36-24-26-37(27-25-36)46-44(52)41(34-14-7-3-8-15-34)53-39-19-11-18-38(29-39)47-43(51)40(48-42(50)35-16-9-4-10-17-35)28-31-20-22-33(23-21-31)32-12-5-2-6-13-32/h2-29,41H,1H3,(H,45,49)(H,46,52)(H,47,51)(H,48,50)/b40-28+.